The van der Waals surface area contributed by atoms with Crippen LogP contribution in [0, 0.1) is 6.92 Å². The van der Waals surface area contributed by atoms with Crippen molar-refractivity contribution in [2.45, 2.75) is 20.0 Å². The number of carboxylic acids is 1. The lowest BCUT2D eigenvalue weighted by molar-refractivity contribution is -0.133. The van der Waals surface area contributed by atoms with E-state index in [1.165, 1.54) is 22.5 Å². The average molecular weight is 346 g/mol. The number of hydrogen-bond donors (Lipinski definition) is 1. The topological polar surface area (TPSA) is 96.5 Å². The van der Waals surface area contributed by atoms with Crippen LogP contribution in [-0.4, -0.2) is 72.5 Å². The van der Waals surface area contributed by atoms with Gasteiger partial charge in [0.1, 0.15) is 6.54 Å². The average Bonchev–Trinajstić information content (AvgIpc) is 3.15. The second-order valence-electron chi connectivity index (χ2n) is 6.27. The fourth-order valence-corrected chi connectivity index (χ4v) is 3.00. The van der Waals surface area contributed by atoms with Gasteiger partial charge in [-0.1, -0.05) is 0 Å². The molecule has 1 amide bonds. The van der Waals surface area contributed by atoms with E-state index in [0.29, 0.717) is 13.1 Å². The van der Waals surface area contributed by atoms with Crippen molar-refractivity contribution in [2.24, 2.45) is 7.05 Å². The summed E-state index contributed by atoms with van der Waals surface area (Å²) in [6.45, 7) is 5.83. The molecule has 0 bridgehead atoms. The number of rotatable bonds is 5. The highest BCUT2D eigenvalue weighted by atomic mass is 16.4. The molecule has 0 spiro atoms. The normalized spacial score (nSPS) is 15.5. The molecule has 1 N–H and O–H groups in total. The van der Waals surface area contributed by atoms with Crippen molar-refractivity contribution < 1.29 is 14.7 Å². The molecule has 3 heterocycles. The molecule has 1 fully saturated rings. The van der Waals surface area contributed by atoms with E-state index in [4.69, 9.17) is 5.11 Å². The zero-order valence-electron chi connectivity index (χ0n) is 14.4. The van der Waals surface area contributed by atoms with E-state index in [-0.39, 0.29) is 18.1 Å². The van der Waals surface area contributed by atoms with Crippen LogP contribution in [0.4, 0.5) is 0 Å². The fraction of sp³-hybridized carbons (Fsp3) is 0.500. The zero-order chi connectivity index (χ0) is 18.0. The van der Waals surface area contributed by atoms with Crippen LogP contribution in [0.2, 0.25) is 0 Å². The quantitative estimate of drug-likeness (QED) is 0.817. The predicted octanol–water partition coefficient (Wildman–Crippen LogP) is -0.0324. The number of aryl methyl sites for hydroxylation is 2. The number of carbonyl (C=O) groups excluding carboxylic acids is 1. The van der Waals surface area contributed by atoms with Gasteiger partial charge in [0, 0.05) is 57.7 Å². The maximum Gasteiger partial charge on any atom is 0.356 e. The van der Waals surface area contributed by atoms with E-state index in [2.05, 4.69) is 15.1 Å². The van der Waals surface area contributed by atoms with Gasteiger partial charge in [0.2, 0.25) is 5.91 Å². The standard InChI is InChI=1S/C16H22N6O3/c1-12-13(9-19(2)17-12)10-20-5-7-21(8-6-20)15(23)11-22-4-3-14(18-22)16(24)25/h3-4,9H,5-8,10-11H2,1-2H3,(H,24,25). The minimum atomic E-state index is -1.09. The van der Waals surface area contributed by atoms with Crippen LogP contribution in [0.1, 0.15) is 21.7 Å². The third kappa shape index (κ3) is 4.05. The Morgan fingerprint density at radius 1 is 1.20 bits per heavy atom. The Morgan fingerprint density at radius 2 is 1.92 bits per heavy atom. The molecule has 3 rings (SSSR count). The van der Waals surface area contributed by atoms with Crippen LogP contribution < -0.4 is 0 Å². The van der Waals surface area contributed by atoms with E-state index >= 15 is 0 Å². The van der Waals surface area contributed by atoms with Crippen LogP contribution in [0.5, 0.6) is 0 Å². The predicted molar refractivity (Wildman–Crippen MR) is 89.0 cm³/mol. The van der Waals surface area contributed by atoms with Gasteiger partial charge in [-0.25, -0.2) is 4.79 Å². The molecular weight excluding hydrogens is 324 g/mol. The molecular formula is C16H22N6O3. The number of amides is 1. The van der Waals surface area contributed by atoms with Crippen molar-refractivity contribution in [1.82, 2.24) is 29.4 Å². The maximum atomic E-state index is 12.4. The van der Waals surface area contributed by atoms with Crippen LogP contribution in [0.25, 0.3) is 0 Å². The fourth-order valence-electron chi connectivity index (χ4n) is 3.00. The minimum Gasteiger partial charge on any atom is -0.476 e. The Balaban J connectivity index is 1.50. The Bertz CT molecular complexity index is 773. The number of nitrogens with zero attached hydrogens (tertiary/aromatic N) is 6. The van der Waals surface area contributed by atoms with Gasteiger partial charge >= 0.3 is 5.97 Å². The third-order valence-corrected chi connectivity index (χ3v) is 4.39. The molecule has 2 aromatic heterocycles. The second kappa shape index (κ2) is 7.06. The van der Waals surface area contributed by atoms with Crippen LogP contribution in [0.3, 0.4) is 0 Å². The molecule has 25 heavy (non-hydrogen) atoms. The van der Waals surface area contributed by atoms with E-state index in [0.717, 1.165) is 25.3 Å². The molecule has 0 aromatic carbocycles. The monoisotopic (exact) mass is 346 g/mol. The number of piperazine rings is 1. The summed E-state index contributed by atoms with van der Waals surface area (Å²) < 4.78 is 3.19. The number of aromatic nitrogens is 4. The summed E-state index contributed by atoms with van der Waals surface area (Å²) in [6, 6.07) is 1.39. The van der Waals surface area contributed by atoms with Gasteiger partial charge in [-0.15, -0.1) is 0 Å². The second-order valence-corrected chi connectivity index (χ2v) is 6.27. The Hall–Kier alpha value is -2.68. The van der Waals surface area contributed by atoms with Crippen molar-refractivity contribution >= 4 is 11.9 Å². The van der Waals surface area contributed by atoms with Crippen LogP contribution in [0.15, 0.2) is 18.5 Å². The molecule has 2 aromatic rings. The Labute approximate surface area is 145 Å². The van der Waals surface area contributed by atoms with Gasteiger partial charge in [0.15, 0.2) is 5.69 Å². The Morgan fingerprint density at radius 3 is 2.48 bits per heavy atom. The molecule has 0 aliphatic carbocycles. The molecule has 0 atom stereocenters. The summed E-state index contributed by atoms with van der Waals surface area (Å²) in [5.41, 5.74) is 2.19. The Kier molecular flexibility index (Phi) is 4.84. The first-order chi connectivity index (χ1) is 11.9. The molecule has 1 aliphatic rings. The van der Waals surface area contributed by atoms with E-state index in [1.807, 2.05) is 24.9 Å². The maximum absolute atomic E-state index is 12.4. The first-order valence-corrected chi connectivity index (χ1v) is 8.18. The lowest BCUT2D eigenvalue weighted by Crippen LogP contribution is -2.49. The van der Waals surface area contributed by atoms with Crippen molar-refractivity contribution in [1.29, 1.82) is 0 Å². The summed E-state index contributed by atoms with van der Waals surface area (Å²) in [5, 5.41) is 17.1. The first-order valence-electron chi connectivity index (χ1n) is 8.18. The highest BCUT2D eigenvalue weighted by Gasteiger charge is 2.22. The lowest BCUT2D eigenvalue weighted by atomic mass is 10.2. The van der Waals surface area contributed by atoms with E-state index in [9.17, 15) is 9.59 Å². The lowest BCUT2D eigenvalue weighted by Gasteiger charge is -2.34. The number of hydrogen-bond acceptors (Lipinski definition) is 5. The molecule has 0 saturated carbocycles. The van der Waals surface area contributed by atoms with Gasteiger partial charge in [0.05, 0.1) is 5.69 Å². The molecule has 0 radical (unpaired) electrons. The highest BCUT2D eigenvalue weighted by molar-refractivity contribution is 5.85. The summed E-state index contributed by atoms with van der Waals surface area (Å²) in [4.78, 5) is 27.3. The molecule has 9 nitrogen and oxygen atoms in total. The van der Waals surface area contributed by atoms with Crippen LogP contribution >= 0.6 is 0 Å². The number of carbonyl (C=O) groups is 2. The number of aromatic carboxylic acids is 1. The first kappa shape index (κ1) is 17.2. The zero-order valence-corrected chi connectivity index (χ0v) is 14.4. The summed E-state index contributed by atoms with van der Waals surface area (Å²) in [7, 11) is 1.91. The summed E-state index contributed by atoms with van der Waals surface area (Å²) in [6.07, 6.45) is 3.55. The van der Waals surface area contributed by atoms with E-state index in [1.54, 1.807) is 4.90 Å². The van der Waals surface area contributed by atoms with Crippen molar-refractivity contribution in [3.8, 4) is 0 Å². The third-order valence-electron chi connectivity index (χ3n) is 4.39. The number of carboxylic acid groups (broad SMARTS) is 1. The minimum absolute atomic E-state index is 0.0442. The van der Waals surface area contributed by atoms with Crippen molar-refractivity contribution in [2.75, 3.05) is 26.2 Å². The van der Waals surface area contributed by atoms with E-state index < -0.39 is 5.97 Å². The van der Waals surface area contributed by atoms with Crippen molar-refractivity contribution in [3.05, 3.63) is 35.4 Å². The molecule has 134 valence electrons. The van der Waals surface area contributed by atoms with Crippen molar-refractivity contribution in [3.63, 3.8) is 0 Å². The smallest absolute Gasteiger partial charge is 0.356 e. The van der Waals surface area contributed by atoms with Crippen LogP contribution in [-0.2, 0) is 24.9 Å². The molecule has 9 heteroatoms. The molecule has 0 unspecified atom stereocenters. The van der Waals surface area contributed by atoms with Gasteiger partial charge < -0.3 is 10.0 Å². The van der Waals surface area contributed by atoms with Gasteiger partial charge in [-0.3, -0.25) is 19.1 Å². The summed E-state index contributed by atoms with van der Waals surface area (Å²) in [5.74, 6) is -1.14. The SMILES string of the molecule is Cc1nn(C)cc1CN1CCN(C(=O)Cn2ccc(C(=O)O)n2)CC1. The van der Waals surface area contributed by atoms with Gasteiger partial charge in [-0.05, 0) is 13.0 Å². The van der Waals surface area contributed by atoms with Gasteiger partial charge in [-0.2, -0.15) is 10.2 Å². The largest absolute Gasteiger partial charge is 0.476 e. The molecule has 1 saturated heterocycles. The molecule has 1 aliphatic heterocycles. The highest BCUT2D eigenvalue weighted by Crippen LogP contribution is 2.11. The summed E-state index contributed by atoms with van der Waals surface area (Å²) >= 11 is 0. The van der Waals surface area contributed by atoms with Gasteiger partial charge in [0.25, 0.3) is 0 Å².